The fraction of sp³-hybridized carbons (Fsp3) is 0.250. The molecule has 3 heterocycles. The number of hydrogen-bond donors (Lipinski definition) is 1. The summed E-state index contributed by atoms with van der Waals surface area (Å²) in [4.78, 5) is 19.6. The number of nitrogens with zero attached hydrogens (tertiary/aromatic N) is 5. The number of aryl methyl sites for hydroxylation is 1. The summed E-state index contributed by atoms with van der Waals surface area (Å²) in [6.45, 7) is 5.58. The lowest BCUT2D eigenvalue weighted by Crippen LogP contribution is -2.36. The summed E-state index contributed by atoms with van der Waals surface area (Å²) in [5.41, 5.74) is 4.99. The van der Waals surface area contributed by atoms with Crippen LogP contribution in [0.3, 0.4) is 0 Å². The number of morpholine rings is 1. The van der Waals surface area contributed by atoms with Crippen LogP contribution in [0.4, 0.5) is 11.5 Å². The largest absolute Gasteiger partial charge is 0.378 e. The molecule has 1 saturated heterocycles. The molecule has 0 saturated carbocycles. The van der Waals surface area contributed by atoms with E-state index in [-0.39, 0.29) is 5.91 Å². The summed E-state index contributed by atoms with van der Waals surface area (Å²) in [7, 11) is 0. The highest BCUT2D eigenvalue weighted by Gasteiger charge is 2.15. The van der Waals surface area contributed by atoms with Gasteiger partial charge in [-0.25, -0.2) is 9.67 Å². The van der Waals surface area contributed by atoms with Gasteiger partial charge in [-0.05, 0) is 48.9 Å². The van der Waals surface area contributed by atoms with Gasteiger partial charge in [-0.2, -0.15) is 0 Å². The van der Waals surface area contributed by atoms with Gasteiger partial charge in [-0.1, -0.05) is 29.5 Å². The van der Waals surface area contributed by atoms with Crippen LogP contribution >= 0.6 is 0 Å². The number of benzene rings is 2. The van der Waals surface area contributed by atoms with Crippen molar-refractivity contribution < 1.29 is 9.53 Å². The molecule has 2 aromatic carbocycles. The third-order valence-electron chi connectivity index (χ3n) is 5.62. The van der Waals surface area contributed by atoms with Gasteiger partial charge >= 0.3 is 0 Å². The molecule has 0 atom stereocenters. The van der Waals surface area contributed by atoms with E-state index in [4.69, 9.17) is 4.74 Å². The van der Waals surface area contributed by atoms with E-state index in [9.17, 15) is 4.79 Å². The molecule has 2 aromatic heterocycles. The number of anilines is 2. The van der Waals surface area contributed by atoms with E-state index in [0.717, 1.165) is 41.2 Å². The highest BCUT2D eigenvalue weighted by Crippen LogP contribution is 2.20. The molecule has 1 aliphatic rings. The average Bonchev–Trinajstić information content (AvgIpc) is 3.24. The first-order chi connectivity index (χ1) is 15.7. The van der Waals surface area contributed by atoms with E-state index in [1.807, 2.05) is 72.3 Å². The van der Waals surface area contributed by atoms with Crippen LogP contribution in [0.5, 0.6) is 0 Å². The molecule has 8 nitrogen and oxygen atoms in total. The van der Waals surface area contributed by atoms with Crippen molar-refractivity contribution in [2.75, 3.05) is 36.5 Å². The van der Waals surface area contributed by atoms with Crippen molar-refractivity contribution in [3.05, 3.63) is 77.5 Å². The fourth-order valence-corrected chi connectivity index (χ4v) is 3.81. The van der Waals surface area contributed by atoms with Crippen molar-refractivity contribution >= 4 is 28.4 Å². The van der Waals surface area contributed by atoms with E-state index in [2.05, 4.69) is 25.5 Å². The molecule has 8 heteroatoms. The van der Waals surface area contributed by atoms with Gasteiger partial charge in [0.15, 0.2) is 0 Å². The molecule has 0 aliphatic carbocycles. The standard InChI is InChI=1S/C24H24N6O2/c1-17-20(10-11-23(25-17)29-12-14-32-15-13-29)26-24(31)19-8-6-18(7-9-19)16-30-22-5-3-2-4-21(22)27-28-30/h2-11H,12-16H2,1H3,(H,26,31). The lowest BCUT2D eigenvalue weighted by molar-refractivity contribution is 0.102. The summed E-state index contributed by atoms with van der Waals surface area (Å²) in [5, 5.41) is 11.4. The van der Waals surface area contributed by atoms with Gasteiger partial charge in [-0.3, -0.25) is 4.79 Å². The number of carbonyl (C=O) groups is 1. The zero-order valence-electron chi connectivity index (χ0n) is 17.9. The first kappa shape index (κ1) is 20.1. The van der Waals surface area contributed by atoms with E-state index in [1.165, 1.54) is 0 Å². The van der Waals surface area contributed by atoms with Crippen LogP contribution in [-0.2, 0) is 11.3 Å². The van der Waals surface area contributed by atoms with Crippen molar-refractivity contribution in [1.29, 1.82) is 0 Å². The van der Waals surface area contributed by atoms with Crippen molar-refractivity contribution in [1.82, 2.24) is 20.0 Å². The van der Waals surface area contributed by atoms with Crippen LogP contribution in [0.25, 0.3) is 11.0 Å². The lowest BCUT2D eigenvalue weighted by atomic mass is 10.1. The molecule has 1 aliphatic heterocycles. The summed E-state index contributed by atoms with van der Waals surface area (Å²) in [6, 6.07) is 19.3. The Morgan fingerprint density at radius 2 is 1.81 bits per heavy atom. The Labute approximate surface area is 185 Å². The summed E-state index contributed by atoms with van der Waals surface area (Å²) in [6.07, 6.45) is 0. The third kappa shape index (κ3) is 4.17. The van der Waals surface area contributed by atoms with Gasteiger partial charge in [0.05, 0.1) is 36.7 Å². The molecule has 0 spiro atoms. The minimum absolute atomic E-state index is 0.160. The quantitative estimate of drug-likeness (QED) is 0.525. The average molecular weight is 428 g/mol. The smallest absolute Gasteiger partial charge is 0.255 e. The van der Waals surface area contributed by atoms with Gasteiger partial charge < -0.3 is 15.0 Å². The molecule has 1 fully saturated rings. The zero-order valence-corrected chi connectivity index (χ0v) is 17.9. The van der Waals surface area contributed by atoms with Gasteiger partial charge in [0.2, 0.25) is 0 Å². The molecule has 32 heavy (non-hydrogen) atoms. The Morgan fingerprint density at radius 3 is 2.59 bits per heavy atom. The number of pyridine rings is 1. The Hall–Kier alpha value is -3.78. The van der Waals surface area contributed by atoms with Crippen LogP contribution < -0.4 is 10.2 Å². The third-order valence-corrected chi connectivity index (χ3v) is 5.62. The second-order valence-electron chi connectivity index (χ2n) is 7.79. The molecule has 1 amide bonds. The Balaban J connectivity index is 1.26. The number of amides is 1. The number of para-hydroxylation sites is 1. The highest BCUT2D eigenvalue weighted by molar-refractivity contribution is 6.04. The maximum Gasteiger partial charge on any atom is 0.255 e. The number of aromatic nitrogens is 4. The number of hydrogen-bond acceptors (Lipinski definition) is 6. The first-order valence-corrected chi connectivity index (χ1v) is 10.7. The summed E-state index contributed by atoms with van der Waals surface area (Å²) in [5.74, 6) is 0.751. The van der Waals surface area contributed by atoms with Crippen LogP contribution in [-0.4, -0.2) is 52.2 Å². The minimum Gasteiger partial charge on any atom is -0.378 e. The molecule has 162 valence electrons. The van der Waals surface area contributed by atoms with Crippen LogP contribution in [0.15, 0.2) is 60.7 Å². The van der Waals surface area contributed by atoms with Crippen LogP contribution in [0.2, 0.25) is 0 Å². The number of carbonyl (C=O) groups excluding carboxylic acids is 1. The molecule has 4 aromatic rings. The Morgan fingerprint density at radius 1 is 1.03 bits per heavy atom. The number of rotatable bonds is 5. The fourth-order valence-electron chi connectivity index (χ4n) is 3.81. The topological polar surface area (TPSA) is 85.2 Å². The maximum atomic E-state index is 12.8. The molecule has 0 unspecified atom stereocenters. The van der Waals surface area contributed by atoms with Crippen molar-refractivity contribution in [2.45, 2.75) is 13.5 Å². The van der Waals surface area contributed by atoms with E-state index in [1.54, 1.807) is 0 Å². The Bertz CT molecular complexity index is 1250. The van der Waals surface area contributed by atoms with Crippen molar-refractivity contribution in [2.24, 2.45) is 0 Å². The minimum atomic E-state index is -0.160. The second kappa shape index (κ2) is 8.76. The van der Waals surface area contributed by atoms with Gasteiger partial charge in [0, 0.05) is 18.7 Å². The second-order valence-corrected chi connectivity index (χ2v) is 7.79. The van der Waals surface area contributed by atoms with E-state index >= 15 is 0 Å². The molecule has 1 N–H and O–H groups in total. The molecular formula is C24H24N6O2. The Kier molecular flexibility index (Phi) is 5.51. The monoisotopic (exact) mass is 428 g/mol. The number of ether oxygens (including phenoxy) is 1. The van der Waals surface area contributed by atoms with E-state index < -0.39 is 0 Å². The number of fused-ring (bicyclic) bond motifs is 1. The summed E-state index contributed by atoms with van der Waals surface area (Å²) < 4.78 is 7.26. The SMILES string of the molecule is Cc1nc(N2CCOCC2)ccc1NC(=O)c1ccc(Cn2nnc3ccccc32)cc1. The van der Waals surface area contributed by atoms with Gasteiger partial charge in [0.1, 0.15) is 11.3 Å². The molecular weight excluding hydrogens is 404 g/mol. The zero-order chi connectivity index (χ0) is 21.9. The predicted octanol–water partition coefficient (Wildman–Crippen LogP) is 3.27. The lowest BCUT2D eigenvalue weighted by Gasteiger charge is -2.28. The molecule has 5 rings (SSSR count). The number of nitrogens with one attached hydrogen (secondary N) is 1. The highest BCUT2D eigenvalue weighted by atomic mass is 16.5. The van der Waals surface area contributed by atoms with Crippen molar-refractivity contribution in [3.8, 4) is 0 Å². The normalized spacial score (nSPS) is 14.0. The van der Waals surface area contributed by atoms with Crippen molar-refractivity contribution in [3.63, 3.8) is 0 Å². The molecule has 0 bridgehead atoms. The van der Waals surface area contributed by atoms with Gasteiger partial charge in [0.25, 0.3) is 5.91 Å². The van der Waals surface area contributed by atoms with E-state index in [0.29, 0.717) is 31.0 Å². The van der Waals surface area contributed by atoms with Gasteiger partial charge in [-0.15, -0.1) is 5.10 Å². The van der Waals surface area contributed by atoms with Crippen LogP contribution in [0.1, 0.15) is 21.6 Å². The van der Waals surface area contributed by atoms with Crippen LogP contribution in [0, 0.1) is 6.92 Å². The maximum absolute atomic E-state index is 12.8. The first-order valence-electron chi connectivity index (χ1n) is 10.7. The summed E-state index contributed by atoms with van der Waals surface area (Å²) >= 11 is 0. The molecule has 0 radical (unpaired) electrons. The predicted molar refractivity (Wildman–Crippen MR) is 123 cm³/mol.